The number of amidine groups is 1. The molecule has 0 aromatic heterocycles. The number of aromatic hydroxyl groups is 1. The lowest BCUT2D eigenvalue weighted by Gasteiger charge is -2.28. The maximum Gasteiger partial charge on any atom is 0.288 e. The molecule has 0 saturated heterocycles. The molecule has 1 aliphatic heterocycles. The molecule has 4 rings (SSSR count). The predicted molar refractivity (Wildman–Crippen MR) is 116 cm³/mol. The molecule has 7 nitrogen and oxygen atoms in total. The SMILES string of the molecule is COc1ccc(/C=C2\N=C(c3ccccc3)N(C(=O)c3ccc(O)cc3)NC2=O)cc1. The van der Waals surface area contributed by atoms with E-state index in [1.807, 2.05) is 30.3 Å². The van der Waals surface area contributed by atoms with E-state index in [2.05, 4.69) is 10.4 Å². The number of nitrogens with one attached hydrogen (secondary N) is 1. The van der Waals surface area contributed by atoms with Gasteiger partial charge in [0.25, 0.3) is 11.8 Å². The van der Waals surface area contributed by atoms with Crippen LogP contribution in [-0.2, 0) is 4.79 Å². The Bertz CT molecular complexity index is 1170. The maximum atomic E-state index is 13.1. The van der Waals surface area contributed by atoms with E-state index < -0.39 is 11.8 Å². The summed E-state index contributed by atoms with van der Waals surface area (Å²) in [6.07, 6.45) is 1.64. The van der Waals surface area contributed by atoms with E-state index >= 15 is 0 Å². The number of hydrogen-bond donors (Lipinski definition) is 2. The summed E-state index contributed by atoms with van der Waals surface area (Å²) in [4.78, 5) is 30.4. The Kier molecular flexibility index (Phi) is 5.49. The number of phenolic OH excluding ortho intramolecular Hbond substituents is 1. The molecule has 1 aliphatic rings. The number of methoxy groups -OCH3 is 1. The number of aliphatic imine (C=N–C) groups is 1. The quantitative estimate of drug-likeness (QED) is 0.642. The van der Waals surface area contributed by atoms with E-state index in [0.29, 0.717) is 16.9 Å². The highest BCUT2D eigenvalue weighted by Gasteiger charge is 2.30. The van der Waals surface area contributed by atoms with Crippen LogP contribution < -0.4 is 10.2 Å². The minimum atomic E-state index is -0.511. The Labute approximate surface area is 178 Å². The Hall–Kier alpha value is -4.39. The first-order valence-electron chi connectivity index (χ1n) is 9.49. The van der Waals surface area contributed by atoms with Crippen molar-refractivity contribution in [1.29, 1.82) is 0 Å². The summed E-state index contributed by atoms with van der Waals surface area (Å²) in [5.41, 5.74) is 4.52. The summed E-state index contributed by atoms with van der Waals surface area (Å²) in [7, 11) is 1.58. The number of carbonyl (C=O) groups is 2. The van der Waals surface area contributed by atoms with Crippen LogP contribution in [0.4, 0.5) is 0 Å². The normalized spacial score (nSPS) is 14.7. The molecule has 2 amide bonds. The van der Waals surface area contributed by atoms with Gasteiger partial charge in [0.2, 0.25) is 0 Å². The average Bonchev–Trinajstić information content (AvgIpc) is 2.81. The molecule has 0 saturated carbocycles. The van der Waals surface area contributed by atoms with Crippen LogP contribution >= 0.6 is 0 Å². The van der Waals surface area contributed by atoms with Gasteiger partial charge in [-0.3, -0.25) is 15.0 Å². The molecule has 3 aromatic rings. The van der Waals surface area contributed by atoms with Crippen LogP contribution in [0.5, 0.6) is 11.5 Å². The standard InChI is InChI=1S/C24H19N3O4/c1-31-20-13-7-16(8-14-20)15-21-23(29)26-27(22(25-21)17-5-3-2-4-6-17)24(30)18-9-11-19(28)12-10-18/h2-15,28H,1H3,(H,26,29)/b21-15-. The van der Waals surface area contributed by atoms with Crippen molar-refractivity contribution in [2.24, 2.45) is 4.99 Å². The highest BCUT2D eigenvalue weighted by molar-refractivity contribution is 6.18. The molecule has 2 N–H and O–H groups in total. The molecular weight excluding hydrogens is 394 g/mol. The number of benzene rings is 3. The molecular formula is C24H19N3O4. The molecule has 0 unspecified atom stereocenters. The molecule has 0 aliphatic carbocycles. The topological polar surface area (TPSA) is 91.2 Å². The highest BCUT2D eigenvalue weighted by atomic mass is 16.5. The van der Waals surface area contributed by atoms with Crippen molar-refractivity contribution in [3.05, 3.63) is 101 Å². The van der Waals surface area contributed by atoms with Crippen molar-refractivity contribution in [3.63, 3.8) is 0 Å². The van der Waals surface area contributed by atoms with E-state index in [0.717, 1.165) is 10.6 Å². The fourth-order valence-electron chi connectivity index (χ4n) is 3.04. The fourth-order valence-corrected chi connectivity index (χ4v) is 3.04. The Morgan fingerprint density at radius 2 is 1.68 bits per heavy atom. The van der Waals surface area contributed by atoms with Gasteiger partial charge >= 0.3 is 0 Å². The Morgan fingerprint density at radius 1 is 1.00 bits per heavy atom. The largest absolute Gasteiger partial charge is 0.508 e. The number of ether oxygens (including phenoxy) is 1. The summed E-state index contributed by atoms with van der Waals surface area (Å²) in [6, 6.07) is 22.1. The molecule has 0 bridgehead atoms. The smallest absolute Gasteiger partial charge is 0.288 e. The predicted octanol–water partition coefficient (Wildman–Crippen LogP) is 3.38. The lowest BCUT2D eigenvalue weighted by atomic mass is 10.1. The van der Waals surface area contributed by atoms with Crippen molar-refractivity contribution in [3.8, 4) is 11.5 Å². The molecule has 3 aromatic carbocycles. The summed E-state index contributed by atoms with van der Waals surface area (Å²) in [5, 5.41) is 10.6. The summed E-state index contributed by atoms with van der Waals surface area (Å²) >= 11 is 0. The van der Waals surface area contributed by atoms with Crippen LogP contribution in [0, 0.1) is 0 Å². The lowest BCUT2D eigenvalue weighted by molar-refractivity contribution is -0.120. The molecule has 31 heavy (non-hydrogen) atoms. The summed E-state index contributed by atoms with van der Waals surface area (Å²) < 4.78 is 5.16. The van der Waals surface area contributed by atoms with Crippen LogP contribution in [0.15, 0.2) is 89.6 Å². The number of hydrazine groups is 1. The zero-order chi connectivity index (χ0) is 21.8. The number of phenols is 1. The monoisotopic (exact) mass is 413 g/mol. The lowest BCUT2D eigenvalue weighted by Crippen LogP contribution is -2.53. The van der Waals surface area contributed by atoms with E-state index in [1.54, 1.807) is 37.5 Å². The van der Waals surface area contributed by atoms with E-state index in [9.17, 15) is 14.7 Å². The van der Waals surface area contributed by atoms with Gasteiger partial charge in [0, 0.05) is 11.1 Å². The van der Waals surface area contributed by atoms with Crippen LogP contribution in [0.2, 0.25) is 0 Å². The van der Waals surface area contributed by atoms with Crippen molar-refractivity contribution in [2.75, 3.05) is 7.11 Å². The number of nitrogens with zero attached hydrogens (tertiary/aromatic N) is 2. The first-order chi connectivity index (χ1) is 15.0. The zero-order valence-electron chi connectivity index (χ0n) is 16.6. The van der Waals surface area contributed by atoms with Crippen molar-refractivity contribution in [2.45, 2.75) is 0 Å². The van der Waals surface area contributed by atoms with Gasteiger partial charge in [0.15, 0.2) is 5.84 Å². The number of hydrogen-bond acceptors (Lipinski definition) is 5. The third-order valence-electron chi connectivity index (χ3n) is 4.65. The van der Waals surface area contributed by atoms with Gasteiger partial charge in [-0.1, -0.05) is 42.5 Å². The second-order valence-electron chi connectivity index (χ2n) is 6.73. The van der Waals surface area contributed by atoms with Gasteiger partial charge in [0.05, 0.1) is 7.11 Å². The number of rotatable bonds is 4. The highest BCUT2D eigenvalue weighted by Crippen LogP contribution is 2.20. The van der Waals surface area contributed by atoms with Gasteiger partial charge in [-0.05, 0) is 48.0 Å². The van der Waals surface area contributed by atoms with Crippen LogP contribution in [0.1, 0.15) is 21.5 Å². The van der Waals surface area contributed by atoms with Crippen LogP contribution in [0.3, 0.4) is 0 Å². The minimum absolute atomic E-state index is 0.0425. The second-order valence-corrected chi connectivity index (χ2v) is 6.73. The second kappa shape index (κ2) is 8.54. The van der Waals surface area contributed by atoms with Crippen LogP contribution in [-0.4, -0.2) is 34.9 Å². The third kappa shape index (κ3) is 4.30. The molecule has 154 valence electrons. The third-order valence-corrected chi connectivity index (χ3v) is 4.65. The van der Waals surface area contributed by atoms with Gasteiger partial charge < -0.3 is 9.84 Å². The van der Waals surface area contributed by atoms with Crippen molar-refractivity contribution < 1.29 is 19.4 Å². The number of carbonyl (C=O) groups excluding carboxylic acids is 2. The van der Waals surface area contributed by atoms with E-state index in [4.69, 9.17) is 4.74 Å². The molecule has 7 heteroatoms. The maximum absolute atomic E-state index is 13.1. The fraction of sp³-hybridized carbons (Fsp3) is 0.0417. The molecule has 1 heterocycles. The summed E-state index contributed by atoms with van der Waals surface area (Å²) in [6.45, 7) is 0. The van der Waals surface area contributed by atoms with Crippen molar-refractivity contribution >= 4 is 23.7 Å². The molecule has 0 fully saturated rings. The van der Waals surface area contributed by atoms with E-state index in [-0.39, 0.29) is 17.3 Å². The van der Waals surface area contributed by atoms with E-state index in [1.165, 1.54) is 24.3 Å². The van der Waals surface area contributed by atoms with Gasteiger partial charge in [0.1, 0.15) is 17.2 Å². The first kappa shape index (κ1) is 19.9. The Morgan fingerprint density at radius 3 is 2.32 bits per heavy atom. The number of amides is 2. The van der Waals surface area contributed by atoms with Gasteiger partial charge in [-0.2, -0.15) is 5.01 Å². The van der Waals surface area contributed by atoms with Gasteiger partial charge in [-0.15, -0.1) is 0 Å². The van der Waals surface area contributed by atoms with Gasteiger partial charge in [-0.25, -0.2) is 4.99 Å². The zero-order valence-corrected chi connectivity index (χ0v) is 16.6. The molecule has 0 radical (unpaired) electrons. The molecule has 0 spiro atoms. The van der Waals surface area contributed by atoms with Crippen molar-refractivity contribution in [1.82, 2.24) is 10.4 Å². The average molecular weight is 413 g/mol. The summed E-state index contributed by atoms with van der Waals surface area (Å²) in [5.74, 6) is 0.0513. The van der Waals surface area contributed by atoms with Crippen LogP contribution in [0.25, 0.3) is 6.08 Å². The Balaban J connectivity index is 1.75. The molecule has 0 atom stereocenters. The first-order valence-corrected chi connectivity index (χ1v) is 9.49. The minimum Gasteiger partial charge on any atom is -0.508 e.